The summed E-state index contributed by atoms with van der Waals surface area (Å²) in [6.45, 7) is 0. The van der Waals surface area contributed by atoms with E-state index in [4.69, 9.17) is 4.74 Å². The lowest BCUT2D eigenvalue weighted by Gasteiger charge is -1.93. The number of rotatable bonds is 2. The zero-order valence-corrected chi connectivity index (χ0v) is 8.30. The molecule has 0 spiro atoms. The molecule has 0 aliphatic rings. The van der Waals surface area contributed by atoms with Crippen molar-refractivity contribution < 1.29 is 4.74 Å². The fraction of sp³-hybridized carbons (Fsp3) is 0.111. The van der Waals surface area contributed by atoms with Crippen LogP contribution in [0.25, 0.3) is 10.6 Å². The minimum Gasteiger partial charge on any atom is -0.480 e. The van der Waals surface area contributed by atoms with Gasteiger partial charge < -0.3 is 9.72 Å². The number of hydrogen-bond donors (Lipinski definition) is 1. The van der Waals surface area contributed by atoms with Crippen LogP contribution in [0.3, 0.4) is 0 Å². The molecule has 0 atom stereocenters. The van der Waals surface area contributed by atoms with Crippen LogP contribution in [0, 0.1) is 0 Å². The number of H-pyrrole nitrogens is 1. The van der Waals surface area contributed by atoms with E-state index in [-0.39, 0.29) is 5.43 Å². The van der Waals surface area contributed by atoms with Crippen molar-refractivity contribution in [2.45, 2.75) is 0 Å². The van der Waals surface area contributed by atoms with Crippen LogP contribution in [0.4, 0.5) is 0 Å². The summed E-state index contributed by atoms with van der Waals surface area (Å²) in [5.74, 6) is 0.565. The van der Waals surface area contributed by atoms with Crippen LogP contribution >= 0.6 is 11.5 Å². The molecule has 0 bridgehead atoms. The Bertz CT molecular complexity index is 489. The van der Waals surface area contributed by atoms with Crippen molar-refractivity contribution in [1.29, 1.82) is 0 Å². The molecule has 2 heterocycles. The molecule has 0 fully saturated rings. The topological polar surface area (TPSA) is 55.0 Å². The maximum Gasteiger partial charge on any atom is 0.225 e. The highest BCUT2D eigenvalue weighted by atomic mass is 32.1. The average Bonchev–Trinajstić information content (AvgIpc) is 2.66. The molecule has 0 unspecified atom stereocenters. The van der Waals surface area contributed by atoms with Gasteiger partial charge in [-0.15, -0.1) is 0 Å². The predicted molar refractivity (Wildman–Crippen MR) is 54.7 cm³/mol. The molecule has 0 aliphatic heterocycles. The minimum absolute atomic E-state index is 0.0221. The lowest BCUT2D eigenvalue weighted by atomic mass is 10.3. The molecule has 2 aromatic heterocycles. The SMILES string of the molecule is COc1cc(-c2cc(=O)cc[nH]2)sn1. The summed E-state index contributed by atoms with van der Waals surface area (Å²) in [5.41, 5.74) is 0.740. The molecule has 0 amide bonds. The molecule has 0 saturated carbocycles. The van der Waals surface area contributed by atoms with Crippen LogP contribution in [0.1, 0.15) is 0 Å². The number of hydrogen-bond acceptors (Lipinski definition) is 4. The lowest BCUT2D eigenvalue weighted by molar-refractivity contribution is 0.403. The number of methoxy groups -OCH3 is 1. The van der Waals surface area contributed by atoms with Gasteiger partial charge in [0.25, 0.3) is 0 Å². The molecule has 14 heavy (non-hydrogen) atoms. The molecular weight excluding hydrogens is 200 g/mol. The molecule has 0 radical (unpaired) electrons. The van der Waals surface area contributed by atoms with Gasteiger partial charge in [-0.3, -0.25) is 4.79 Å². The zero-order chi connectivity index (χ0) is 9.97. The van der Waals surface area contributed by atoms with Crippen molar-refractivity contribution in [3.8, 4) is 16.5 Å². The number of nitrogens with one attached hydrogen (secondary N) is 1. The van der Waals surface area contributed by atoms with Gasteiger partial charge in [-0.1, -0.05) is 0 Å². The Balaban J connectivity index is 2.44. The molecule has 5 heteroatoms. The summed E-state index contributed by atoms with van der Waals surface area (Å²) in [5, 5.41) is 0. The number of nitrogens with zero attached hydrogens (tertiary/aromatic N) is 1. The van der Waals surface area contributed by atoms with Crippen molar-refractivity contribution in [2.24, 2.45) is 0 Å². The standard InChI is InChI=1S/C9H8N2O2S/c1-13-9-5-8(14-11-9)7-4-6(12)2-3-10-7/h2-5H,1H3,(H,10,12). The maximum atomic E-state index is 11.1. The van der Waals surface area contributed by atoms with E-state index in [9.17, 15) is 4.79 Å². The fourth-order valence-electron chi connectivity index (χ4n) is 1.07. The van der Waals surface area contributed by atoms with E-state index in [1.54, 1.807) is 19.4 Å². The first-order valence-electron chi connectivity index (χ1n) is 3.99. The molecule has 0 aromatic carbocycles. The number of pyridine rings is 1. The van der Waals surface area contributed by atoms with Gasteiger partial charge in [0.15, 0.2) is 5.43 Å². The van der Waals surface area contributed by atoms with Crippen LogP contribution in [0.5, 0.6) is 5.88 Å². The van der Waals surface area contributed by atoms with Crippen molar-refractivity contribution in [3.05, 3.63) is 34.6 Å². The van der Waals surface area contributed by atoms with E-state index in [0.717, 1.165) is 10.6 Å². The van der Waals surface area contributed by atoms with Gasteiger partial charge in [0.05, 0.1) is 17.7 Å². The molecule has 0 saturated heterocycles. The Morgan fingerprint density at radius 2 is 2.36 bits per heavy atom. The summed E-state index contributed by atoms with van der Waals surface area (Å²) in [4.78, 5) is 14.9. The zero-order valence-electron chi connectivity index (χ0n) is 7.48. The highest BCUT2D eigenvalue weighted by Crippen LogP contribution is 2.24. The summed E-state index contributed by atoms with van der Waals surface area (Å²) in [6.07, 6.45) is 1.61. The molecule has 0 aliphatic carbocycles. The Morgan fingerprint density at radius 1 is 1.50 bits per heavy atom. The third kappa shape index (κ3) is 1.67. The Morgan fingerprint density at radius 3 is 3.00 bits per heavy atom. The first-order valence-corrected chi connectivity index (χ1v) is 4.77. The van der Waals surface area contributed by atoms with Crippen molar-refractivity contribution in [1.82, 2.24) is 9.36 Å². The predicted octanol–water partition coefficient (Wildman–Crippen LogP) is 1.51. The minimum atomic E-state index is -0.0221. The third-order valence-corrected chi connectivity index (χ3v) is 2.54. The second kappa shape index (κ2) is 3.63. The molecule has 1 N–H and O–H groups in total. The maximum absolute atomic E-state index is 11.1. The summed E-state index contributed by atoms with van der Waals surface area (Å²) in [6, 6.07) is 4.80. The average molecular weight is 208 g/mol. The first kappa shape index (κ1) is 8.96. The van der Waals surface area contributed by atoms with Gasteiger partial charge in [0.1, 0.15) is 0 Å². The van der Waals surface area contributed by atoms with Crippen molar-refractivity contribution >= 4 is 11.5 Å². The second-order valence-electron chi connectivity index (χ2n) is 2.67. The fourth-order valence-corrected chi connectivity index (χ4v) is 1.76. The Kier molecular flexibility index (Phi) is 2.32. The largest absolute Gasteiger partial charge is 0.480 e. The van der Waals surface area contributed by atoms with Crippen molar-refractivity contribution in [3.63, 3.8) is 0 Å². The lowest BCUT2D eigenvalue weighted by Crippen LogP contribution is -1.96. The van der Waals surface area contributed by atoms with E-state index >= 15 is 0 Å². The number of aromatic nitrogens is 2. The smallest absolute Gasteiger partial charge is 0.225 e. The van der Waals surface area contributed by atoms with Crippen molar-refractivity contribution in [2.75, 3.05) is 7.11 Å². The van der Waals surface area contributed by atoms with E-state index < -0.39 is 0 Å². The van der Waals surface area contributed by atoms with Gasteiger partial charge in [-0.05, 0) is 11.5 Å². The van der Waals surface area contributed by atoms with Crippen LogP contribution in [0.15, 0.2) is 29.2 Å². The summed E-state index contributed by atoms with van der Waals surface area (Å²) >= 11 is 1.29. The van der Waals surface area contributed by atoms with Gasteiger partial charge >= 0.3 is 0 Å². The van der Waals surface area contributed by atoms with Gasteiger partial charge in [0.2, 0.25) is 5.88 Å². The molecule has 72 valence electrons. The van der Waals surface area contributed by atoms with Crippen LogP contribution in [-0.4, -0.2) is 16.5 Å². The molecule has 2 aromatic rings. The first-order chi connectivity index (χ1) is 6.79. The molecule has 2 rings (SSSR count). The van der Waals surface area contributed by atoms with Gasteiger partial charge in [0, 0.05) is 24.4 Å². The highest BCUT2D eigenvalue weighted by molar-refractivity contribution is 7.09. The van der Waals surface area contributed by atoms with Crippen LogP contribution in [0.2, 0.25) is 0 Å². The summed E-state index contributed by atoms with van der Waals surface area (Å²) < 4.78 is 8.99. The normalized spacial score (nSPS) is 10.1. The van der Waals surface area contributed by atoms with E-state index in [1.807, 2.05) is 0 Å². The van der Waals surface area contributed by atoms with E-state index in [0.29, 0.717) is 5.88 Å². The third-order valence-electron chi connectivity index (χ3n) is 1.74. The Hall–Kier alpha value is -1.62. The highest BCUT2D eigenvalue weighted by Gasteiger charge is 2.04. The quantitative estimate of drug-likeness (QED) is 0.813. The van der Waals surface area contributed by atoms with Crippen LogP contribution < -0.4 is 10.2 Å². The number of aromatic amines is 1. The number of ether oxygens (including phenoxy) is 1. The Labute approximate surface area is 84.3 Å². The molecular formula is C9H8N2O2S. The second-order valence-corrected chi connectivity index (χ2v) is 3.48. The van der Waals surface area contributed by atoms with E-state index in [1.165, 1.54) is 23.7 Å². The van der Waals surface area contributed by atoms with Gasteiger partial charge in [-0.25, -0.2) is 0 Å². The summed E-state index contributed by atoms with van der Waals surface area (Å²) in [7, 11) is 1.56. The monoisotopic (exact) mass is 208 g/mol. The molecule has 4 nitrogen and oxygen atoms in total. The van der Waals surface area contributed by atoms with Crippen LogP contribution in [-0.2, 0) is 0 Å². The van der Waals surface area contributed by atoms with E-state index in [2.05, 4.69) is 9.36 Å². The van der Waals surface area contributed by atoms with Gasteiger partial charge in [-0.2, -0.15) is 4.37 Å².